The number of nitrogens with zero attached hydrogens (tertiary/aromatic N) is 4. The second-order valence-corrected chi connectivity index (χ2v) is 3.85. The van der Waals surface area contributed by atoms with E-state index in [9.17, 15) is 13.2 Å². The van der Waals surface area contributed by atoms with Crippen molar-refractivity contribution in [3.8, 4) is 11.4 Å². The van der Waals surface area contributed by atoms with E-state index in [0.29, 0.717) is 15.9 Å². The van der Waals surface area contributed by atoms with Crippen LogP contribution in [0.4, 0.5) is 18.9 Å². The van der Waals surface area contributed by atoms with Crippen molar-refractivity contribution in [1.82, 2.24) is 20.2 Å². The lowest BCUT2D eigenvalue weighted by Crippen LogP contribution is -2.19. The van der Waals surface area contributed by atoms with Crippen molar-refractivity contribution in [2.24, 2.45) is 0 Å². The zero-order valence-corrected chi connectivity index (χ0v) is 9.44. The van der Waals surface area contributed by atoms with Crippen LogP contribution in [0.5, 0.6) is 0 Å². The summed E-state index contributed by atoms with van der Waals surface area (Å²) in [5.74, 6) is 0.0408. The summed E-state index contributed by atoms with van der Waals surface area (Å²) < 4.78 is 37.6. The molecule has 1 heterocycles. The van der Waals surface area contributed by atoms with Gasteiger partial charge < -0.3 is 5.73 Å². The van der Waals surface area contributed by atoms with Crippen LogP contribution in [0.3, 0.4) is 0 Å². The standard InChI is InChI=1S/C10H10F3N5/c1-6-2-3-7(4-8(6)14)9-15-16-17-18(9)5-10(11,12)13/h2-4H,5,14H2,1H3. The van der Waals surface area contributed by atoms with Crippen molar-refractivity contribution in [3.05, 3.63) is 23.8 Å². The van der Waals surface area contributed by atoms with E-state index in [4.69, 9.17) is 5.73 Å². The molecule has 0 aliphatic rings. The van der Waals surface area contributed by atoms with E-state index in [0.717, 1.165) is 5.56 Å². The number of aryl methyl sites for hydroxylation is 1. The second kappa shape index (κ2) is 4.28. The Morgan fingerprint density at radius 1 is 1.33 bits per heavy atom. The molecule has 8 heteroatoms. The Morgan fingerprint density at radius 3 is 2.67 bits per heavy atom. The number of nitrogens with two attached hydrogens (primary N) is 1. The number of rotatable bonds is 2. The molecule has 0 saturated carbocycles. The van der Waals surface area contributed by atoms with Crippen LogP contribution in [0, 0.1) is 6.92 Å². The highest BCUT2D eigenvalue weighted by Crippen LogP contribution is 2.24. The Bertz CT molecular complexity index is 561. The van der Waals surface area contributed by atoms with Gasteiger partial charge in [-0.2, -0.15) is 13.2 Å². The van der Waals surface area contributed by atoms with Gasteiger partial charge in [0.05, 0.1) is 0 Å². The number of hydrogen-bond donors (Lipinski definition) is 1. The summed E-state index contributed by atoms with van der Waals surface area (Å²) in [6.45, 7) is 0.570. The molecule has 0 aliphatic heterocycles. The summed E-state index contributed by atoms with van der Waals surface area (Å²) in [5.41, 5.74) is 7.48. The molecule has 1 aromatic carbocycles. The molecule has 0 unspecified atom stereocenters. The zero-order valence-electron chi connectivity index (χ0n) is 9.44. The Kier molecular flexibility index (Phi) is 2.93. The number of anilines is 1. The summed E-state index contributed by atoms with van der Waals surface area (Å²) in [6, 6.07) is 4.88. The van der Waals surface area contributed by atoms with Gasteiger partial charge in [0.25, 0.3) is 0 Å². The van der Waals surface area contributed by atoms with Crippen molar-refractivity contribution in [2.45, 2.75) is 19.6 Å². The molecule has 0 fully saturated rings. The van der Waals surface area contributed by atoms with Crippen LogP contribution in [-0.4, -0.2) is 26.4 Å². The molecule has 0 radical (unpaired) electrons. The summed E-state index contributed by atoms with van der Waals surface area (Å²) in [5, 5.41) is 10.2. The highest BCUT2D eigenvalue weighted by atomic mass is 19.4. The third-order valence-electron chi connectivity index (χ3n) is 2.40. The van der Waals surface area contributed by atoms with Crippen molar-refractivity contribution >= 4 is 5.69 Å². The molecule has 2 rings (SSSR count). The van der Waals surface area contributed by atoms with Gasteiger partial charge in [-0.05, 0) is 29.0 Å². The topological polar surface area (TPSA) is 69.6 Å². The minimum absolute atomic E-state index is 0.0408. The van der Waals surface area contributed by atoms with Crippen molar-refractivity contribution in [2.75, 3.05) is 5.73 Å². The second-order valence-electron chi connectivity index (χ2n) is 3.85. The van der Waals surface area contributed by atoms with Gasteiger partial charge in [-0.25, -0.2) is 4.68 Å². The average Bonchev–Trinajstić information content (AvgIpc) is 2.67. The Morgan fingerprint density at radius 2 is 2.06 bits per heavy atom. The summed E-state index contributed by atoms with van der Waals surface area (Å²) in [7, 11) is 0. The number of aromatic nitrogens is 4. The molecule has 5 nitrogen and oxygen atoms in total. The summed E-state index contributed by atoms with van der Waals surface area (Å²) in [4.78, 5) is 0. The quantitative estimate of drug-likeness (QED) is 0.833. The SMILES string of the molecule is Cc1ccc(-c2nnnn2CC(F)(F)F)cc1N. The van der Waals surface area contributed by atoms with Crippen LogP contribution in [0.15, 0.2) is 18.2 Å². The van der Waals surface area contributed by atoms with Gasteiger partial charge in [0.1, 0.15) is 6.54 Å². The lowest BCUT2D eigenvalue weighted by Gasteiger charge is -2.08. The van der Waals surface area contributed by atoms with Crippen molar-refractivity contribution in [3.63, 3.8) is 0 Å². The maximum Gasteiger partial charge on any atom is 0.408 e. The average molecular weight is 257 g/mol. The predicted octanol–water partition coefficient (Wildman–Crippen LogP) is 1.79. The molecular weight excluding hydrogens is 247 g/mol. The fourth-order valence-corrected chi connectivity index (χ4v) is 1.47. The fraction of sp³-hybridized carbons (Fsp3) is 0.300. The molecule has 0 atom stereocenters. The fourth-order valence-electron chi connectivity index (χ4n) is 1.47. The number of nitrogen functional groups attached to an aromatic ring is 1. The normalized spacial score (nSPS) is 11.8. The zero-order chi connectivity index (χ0) is 13.3. The molecule has 18 heavy (non-hydrogen) atoms. The first-order chi connectivity index (χ1) is 8.37. The van der Waals surface area contributed by atoms with E-state index < -0.39 is 12.7 Å². The van der Waals surface area contributed by atoms with Crippen LogP contribution < -0.4 is 5.73 Å². The van der Waals surface area contributed by atoms with E-state index in [1.54, 1.807) is 25.1 Å². The van der Waals surface area contributed by atoms with E-state index in [2.05, 4.69) is 15.5 Å². The first-order valence-corrected chi connectivity index (χ1v) is 5.06. The molecule has 1 aromatic heterocycles. The maximum atomic E-state index is 12.3. The van der Waals surface area contributed by atoms with Crippen LogP contribution in [0.2, 0.25) is 0 Å². The molecule has 0 bridgehead atoms. The molecule has 96 valence electrons. The molecule has 0 saturated heterocycles. The Labute approximate surface area is 100 Å². The van der Waals surface area contributed by atoms with Gasteiger partial charge in [-0.1, -0.05) is 12.1 Å². The van der Waals surface area contributed by atoms with Crippen LogP contribution in [0.25, 0.3) is 11.4 Å². The smallest absolute Gasteiger partial charge is 0.398 e. The third kappa shape index (κ3) is 2.58. The lowest BCUT2D eigenvalue weighted by molar-refractivity contribution is -0.142. The van der Waals surface area contributed by atoms with E-state index in [1.807, 2.05) is 0 Å². The molecule has 2 aromatic rings. The Balaban J connectivity index is 2.39. The first kappa shape index (κ1) is 12.3. The minimum Gasteiger partial charge on any atom is -0.398 e. The van der Waals surface area contributed by atoms with Crippen LogP contribution >= 0.6 is 0 Å². The first-order valence-electron chi connectivity index (χ1n) is 5.06. The predicted molar refractivity (Wildman–Crippen MR) is 58.5 cm³/mol. The van der Waals surface area contributed by atoms with Gasteiger partial charge in [0.2, 0.25) is 0 Å². The van der Waals surface area contributed by atoms with Gasteiger partial charge in [0.15, 0.2) is 5.82 Å². The maximum absolute atomic E-state index is 12.3. The monoisotopic (exact) mass is 257 g/mol. The van der Waals surface area contributed by atoms with Gasteiger partial charge in [0, 0.05) is 11.3 Å². The van der Waals surface area contributed by atoms with Gasteiger partial charge in [-0.3, -0.25) is 0 Å². The number of tetrazole rings is 1. The highest BCUT2D eigenvalue weighted by molar-refractivity contribution is 5.63. The van der Waals surface area contributed by atoms with Crippen molar-refractivity contribution < 1.29 is 13.2 Å². The number of alkyl halides is 3. The molecule has 0 amide bonds. The van der Waals surface area contributed by atoms with Crippen molar-refractivity contribution in [1.29, 1.82) is 0 Å². The number of benzene rings is 1. The number of halogens is 3. The largest absolute Gasteiger partial charge is 0.408 e. The molecule has 0 spiro atoms. The number of hydrogen-bond acceptors (Lipinski definition) is 4. The van der Waals surface area contributed by atoms with Crippen LogP contribution in [0.1, 0.15) is 5.56 Å². The van der Waals surface area contributed by atoms with E-state index >= 15 is 0 Å². The van der Waals surface area contributed by atoms with E-state index in [1.165, 1.54) is 0 Å². The van der Waals surface area contributed by atoms with Gasteiger partial charge >= 0.3 is 6.18 Å². The molecule has 2 N–H and O–H groups in total. The third-order valence-corrected chi connectivity index (χ3v) is 2.40. The van der Waals surface area contributed by atoms with E-state index in [-0.39, 0.29) is 5.82 Å². The lowest BCUT2D eigenvalue weighted by atomic mass is 10.1. The summed E-state index contributed by atoms with van der Waals surface area (Å²) >= 11 is 0. The molecule has 0 aliphatic carbocycles. The Hall–Kier alpha value is -2.12. The minimum atomic E-state index is -4.37. The highest BCUT2D eigenvalue weighted by Gasteiger charge is 2.30. The van der Waals surface area contributed by atoms with Gasteiger partial charge in [-0.15, -0.1) is 5.10 Å². The van der Waals surface area contributed by atoms with Crippen LogP contribution in [-0.2, 0) is 6.54 Å². The summed E-state index contributed by atoms with van der Waals surface area (Å²) in [6.07, 6.45) is -4.37. The molecular formula is C10H10F3N5.